The highest BCUT2D eigenvalue weighted by atomic mass is 19.4. The van der Waals surface area contributed by atoms with E-state index in [9.17, 15) is 26.3 Å². The SMILES string of the molecule is CN(C)c1ccc(-c2ccc(C(F)(F)F)cc2)c(C(F)(F)F)c1. The number of benzene rings is 2. The summed E-state index contributed by atoms with van der Waals surface area (Å²) in [6.07, 6.45) is -9.13. The Morgan fingerprint density at radius 3 is 1.74 bits per heavy atom. The van der Waals surface area contributed by atoms with Crippen LogP contribution in [0.3, 0.4) is 0 Å². The minimum absolute atomic E-state index is 0.0793. The molecule has 0 heterocycles. The van der Waals surface area contributed by atoms with Crippen molar-refractivity contribution in [2.45, 2.75) is 12.4 Å². The average molecular weight is 333 g/mol. The molecule has 0 aliphatic heterocycles. The lowest BCUT2D eigenvalue weighted by atomic mass is 9.97. The fourth-order valence-corrected chi connectivity index (χ4v) is 2.14. The summed E-state index contributed by atoms with van der Waals surface area (Å²) in [5.41, 5.74) is -1.51. The first kappa shape index (κ1) is 17.2. The molecule has 1 nitrogen and oxygen atoms in total. The highest BCUT2D eigenvalue weighted by molar-refractivity contribution is 5.71. The number of halogens is 6. The van der Waals surface area contributed by atoms with Gasteiger partial charge in [-0.1, -0.05) is 18.2 Å². The Hall–Kier alpha value is -2.18. The maximum atomic E-state index is 13.2. The Morgan fingerprint density at radius 1 is 0.739 bits per heavy atom. The van der Waals surface area contributed by atoms with E-state index in [0.717, 1.165) is 30.3 Å². The zero-order valence-electron chi connectivity index (χ0n) is 12.3. The van der Waals surface area contributed by atoms with E-state index in [1.807, 2.05) is 0 Å². The molecule has 0 spiro atoms. The quantitative estimate of drug-likeness (QED) is 0.660. The van der Waals surface area contributed by atoms with E-state index in [1.165, 1.54) is 17.0 Å². The fourth-order valence-electron chi connectivity index (χ4n) is 2.14. The standard InChI is InChI=1S/C16H13F6N/c1-23(2)12-7-8-13(14(9-12)16(20,21)22)10-3-5-11(6-4-10)15(17,18)19/h3-9H,1-2H3. The second kappa shape index (κ2) is 5.79. The van der Waals surface area contributed by atoms with Crippen molar-refractivity contribution in [1.29, 1.82) is 0 Å². The third kappa shape index (κ3) is 3.78. The second-order valence-electron chi connectivity index (χ2n) is 5.20. The van der Waals surface area contributed by atoms with Crippen LogP contribution in [-0.4, -0.2) is 14.1 Å². The van der Waals surface area contributed by atoms with Gasteiger partial charge >= 0.3 is 12.4 Å². The van der Waals surface area contributed by atoms with Crippen molar-refractivity contribution in [1.82, 2.24) is 0 Å². The Bertz CT molecular complexity index is 683. The minimum Gasteiger partial charge on any atom is -0.378 e. The predicted octanol–water partition coefficient (Wildman–Crippen LogP) is 5.46. The molecule has 0 N–H and O–H groups in total. The van der Waals surface area contributed by atoms with Gasteiger partial charge in [-0.3, -0.25) is 0 Å². The van der Waals surface area contributed by atoms with Crippen molar-refractivity contribution in [2.24, 2.45) is 0 Å². The number of anilines is 1. The number of rotatable bonds is 2. The molecule has 0 radical (unpaired) electrons. The van der Waals surface area contributed by atoms with Gasteiger partial charge in [0.15, 0.2) is 0 Å². The molecule has 2 rings (SSSR count). The van der Waals surface area contributed by atoms with Gasteiger partial charge in [0.1, 0.15) is 0 Å². The topological polar surface area (TPSA) is 3.24 Å². The summed E-state index contributed by atoms with van der Waals surface area (Å²) in [4.78, 5) is 1.52. The molecule has 0 saturated heterocycles. The zero-order chi connectivity index (χ0) is 17.4. The molecule has 0 aromatic heterocycles. The van der Waals surface area contributed by atoms with E-state index in [0.29, 0.717) is 5.69 Å². The molecule has 2 aromatic carbocycles. The number of hydrogen-bond donors (Lipinski definition) is 0. The summed E-state index contributed by atoms with van der Waals surface area (Å²) >= 11 is 0. The van der Waals surface area contributed by atoms with Crippen LogP contribution in [0.15, 0.2) is 42.5 Å². The maximum absolute atomic E-state index is 13.2. The molecule has 0 amide bonds. The molecule has 0 saturated carbocycles. The molecule has 0 aliphatic carbocycles. The van der Waals surface area contributed by atoms with Crippen LogP contribution in [0.5, 0.6) is 0 Å². The molecule has 0 fully saturated rings. The van der Waals surface area contributed by atoms with Crippen LogP contribution in [0.1, 0.15) is 11.1 Å². The van der Waals surface area contributed by atoms with E-state index >= 15 is 0 Å². The van der Waals surface area contributed by atoms with Gasteiger partial charge in [-0.25, -0.2) is 0 Å². The summed E-state index contributed by atoms with van der Waals surface area (Å²) in [5, 5.41) is 0. The fraction of sp³-hybridized carbons (Fsp3) is 0.250. The Morgan fingerprint density at radius 2 is 1.30 bits per heavy atom. The highest BCUT2D eigenvalue weighted by Crippen LogP contribution is 2.40. The first-order chi connectivity index (χ1) is 10.5. The van der Waals surface area contributed by atoms with Crippen LogP contribution in [0, 0.1) is 0 Å². The van der Waals surface area contributed by atoms with Crippen LogP contribution in [0.4, 0.5) is 32.0 Å². The molecule has 23 heavy (non-hydrogen) atoms. The average Bonchev–Trinajstić information content (AvgIpc) is 2.45. The molecular weight excluding hydrogens is 320 g/mol. The molecule has 2 aromatic rings. The zero-order valence-corrected chi connectivity index (χ0v) is 12.3. The minimum atomic E-state index is -4.61. The molecule has 0 unspecified atom stereocenters. The number of alkyl halides is 6. The summed E-state index contributed by atoms with van der Waals surface area (Å²) in [6.45, 7) is 0. The van der Waals surface area contributed by atoms with Crippen LogP contribution in [0.25, 0.3) is 11.1 Å². The summed E-state index contributed by atoms with van der Waals surface area (Å²) in [5.74, 6) is 0. The first-order valence-electron chi connectivity index (χ1n) is 6.56. The van der Waals surface area contributed by atoms with Crippen molar-refractivity contribution in [3.63, 3.8) is 0 Å². The van der Waals surface area contributed by atoms with Crippen molar-refractivity contribution in [2.75, 3.05) is 19.0 Å². The third-order valence-corrected chi connectivity index (χ3v) is 3.35. The monoisotopic (exact) mass is 333 g/mol. The summed E-state index contributed by atoms with van der Waals surface area (Å²) in [7, 11) is 3.21. The number of hydrogen-bond acceptors (Lipinski definition) is 1. The van der Waals surface area contributed by atoms with Gasteiger partial charge in [-0.15, -0.1) is 0 Å². The van der Waals surface area contributed by atoms with Gasteiger partial charge in [-0.05, 0) is 35.4 Å². The molecule has 0 aliphatic rings. The smallest absolute Gasteiger partial charge is 0.378 e. The second-order valence-corrected chi connectivity index (χ2v) is 5.20. The normalized spacial score (nSPS) is 12.3. The lowest BCUT2D eigenvalue weighted by molar-refractivity contribution is -0.138. The third-order valence-electron chi connectivity index (χ3n) is 3.35. The highest BCUT2D eigenvalue weighted by Gasteiger charge is 2.35. The van der Waals surface area contributed by atoms with E-state index in [1.54, 1.807) is 14.1 Å². The van der Waals surface area contributed by atoms with E-state index in [4.69, 9.17) is 0 Å². The van der Waals surface area contributed by atoms with Crippen molar-refractivity contribution in [3.05, 3.63) is 53.6 Å². The van der Waals surface area contributed by atoms with Gasteiger partial charge in [0.2, 0.25) is 0 Å². The maximum Gasteiger partial charge on any atom is 0.417 e. The molecular formula is C16H13F6N. The molecule has 0 bridgehead atoms. The van der Waals surface area contributed by atoms with Crippen LogP contribution in [-0.2, 0) is 12.4 Å². The lowest BCUT2D eigenvalue weighted by Gasteiger charge is -2.19. The molecule has 124 valence electrons. The van der Waals surface area contributed by atoms with Gasteiger partial charge in [0.25, 0.3) is 0 Å². The Kier molecular flexibility index (Phi) is 4.32. The van der Waals surface area contributed by atoms with Gasteiger partial charge in [0.05, 0.1) is 11.1 Å². The van der Waals surface area contributed by atoms with E-state index in [2.05, 4.69) is 0 Å². The Labute approximate surface area is 129 Å². The molecule has 7 heteroatoms. The first-order valence-corrected chi connectivity index (χ1v) is 6.56. The lowest BCUT2D eigenvalue weighted by Crippen LogP contribution is -2.13. The summed E-state index contributed by atoms with van der Waals surface area (Å²) < 4.78 is 77.4. The van der Waals surface area contributed by atoms with Crippen molar-refractivity contribution in [3.8, 4) is 11.1 Å². The van der Waals surface area contributed by atoms with Gasteiger partial charge < -0.3 is 4.90 Å². The van der Waals surface area contributed by atoms with E-state index in [-0.39, 0.29) is 11.1 Å². The number of nitrogens with zero attached hydrogens (tertiary/aromatic N) is 1. The van der Waals surface area contributed by atoms with Crippen LogP contribution < -0.4 is 4.90 Å². The van der Waals surface area contributed by atoms with Gasteiger partial charge in [0, 0.05) is 19.8 Å². The molecule has 0 atom stereocenters. The van der Waals surface area contributed by atoms with Gasteiger partial charge in [-0.2, -0.15) is 26.3 Å². The Balaban J connectivity index is 2.54. The largest absolute Gasteiger partial charge is 0.417 e. The van der Waals surface area contributed by atoms with Crippen LogP contribution >= 0.6 is 0 Å². The van der Waals surface area contributed by atoms with Crippen molar-refractivity contribution < 1.29 is 26.3 Å². The van der Waals surface area contributed by atoms with Crippen molar-refractivity contribution >= 4 is 5.69 Å². The van der Waals surface area contributed by atoms with E-state index < -0.39 is 23.5 Å². The summed E-state index contributed by atoms with van der Waals surface area (Å²) in [6, 6.07) is 7.37. The predicted molar refractivity (Wildman–Crippen MR) is 76.2 cm³/mol. The van der Waals surface area contributed by atoms with Crippen LogP contribution in [0.2, 0.25) is 0 Å².